The van der Waals surface area contributed by atoms with Gasteiger partial charge in [-0.05, 0) is 39.4 Å². The number of thioether (sulfide) groups is 1. The first-order chi connectivity index (χ1) is 13.8. The van der Waals surface area contributed by atoms with E-state index in [2.05, 4.69) is 112 Å². The van der Waals surface area contributed by atoms with Crippen LogP contribution in [0.5, 0.6) is 0 Å². The van der Waals surface area contributed by atoms with Gasteiger partial charge in [0.1, 0.15) is 0 Å². The van der Waals surface area contributed by atoms with Crippen molar-refractivity contribution in [3.05, 3.63) is 119 Å². The van der Waals surface area contributed by atoms with E-state index in [0.29, 0.717) is 0 Å². The molecule has 1 heterocycles. The van der Waals surface area contributed by atoms with Gasteiger partial charge in [-0.15, -0.1) is 16.9 Å². The Morgan fingerprint density at radius 3 is 1.61 bits per heavy atom. The van der Waals surface area contributed by atoms with E-state index >= 15 is 0 Å². The summed E-state index contributed by atoms with van der Waals surface area (Å²) in [4.78, 5) is 0. The van der Waals surface area contributed by atoms with Gasteiger partial charge in [-0.3, -0.25) is 0 Å². The molecule has 0 saturated carbocycles. The Bertz CT molecular complexity index is 947. The van der Waals surface area contributed by atoms with Crippen LogP contribution in [0.3, 0.4) is 0 Å². The summed E-state index contributed by atoms with van der Waals surface area (Å²) in [7, 11) is 0. The average Bonchev–Trinajstić information content (AvgIpc) is 3.18. The van der Waals surface area contributed by atoms with Gasteiger partial charge >= 0.3 is 0 Å². The third kappa shape index (κ3) is 3.49. The van der Waals surface area contributed by atoms with Gasteiger partial charge in [0, 0.05) is 6.20 Å². The molecule has 4 nitrogen and oxygen atoms in total. The highest BCUT2D eigenvalue weighted by Gasteiger charge is 2.36. The number of benzene rings is 3. The standard InChI is InChI=1S/C23H20N4S/c1-19-24-25-26-27(19)17-18-28-23(20-11-5-2-6-12-20,21-13-7-3-8-14-21)22-15-9-4-10-16-22/h2-18H,1H3/b18-17-. The number of aromatic nitrogens is 4. The van der Waals surface area contributed by atoms with E-state index < -0.39 is 0 Å². The van der Waals surface area contributed by atoms with Crippen molar-refractivity contribution < 1.29 is 0 Å². The number of nitrogens with zero attached hydrogens (tertiary/aromatic N) is 4. The van der Waals surface area contributed by atoms with Crippen molar-refractivity contribution in [3.8, 4) is 0 Å². The van der Waals surface area contributed by atoms with Crippen LogP contribution in [-0.4, -0.2) is 20.2 Å². The number of rotatable bonds is 6. The highest BCUT2D eigenvalue weighted by molar-refractivity contribution is 8.03. The number of hydrogen-bond acceptors (Lipinski definition) is 4. The molecule has 0 amide bonds. The molecule has 0 atom stereocenters. The number of aryl methyl sites for hydroxylation is 1. The molecule has 1 aromatic heterocycles. The molecule has 0 fully saturated rings. The normalized spacial score (nSPS) is 11.8. The van der Waals surface area contributed by atoms with Crippen LogP contribution < -0.4 is 0 Å². The average molecular weight is 385 g/mol. The van der Waals surface area contributed by atoms with Crippen molar-refractivity contribution in [3.63, 3.8) is 0 Å². The molecule has 0 unspecified atom stereocenters. The van der Waals surface area contributed by atoms with Gasteiger partial charge in [0.05, 0.1) is 4.75 Å². The molecule has 4 rings (SSSR count). The second-order valence-corrected chi connectivity index (χ2v) is 7.47. The van der Waals surface area contributed by atoms with Gasteiger partial charge in [0.15, 0.2) is 5.82 Å². The number of hydrogen-bond donors (Lipinski definition) is 0. The maximum atomic E-state index is 4.01. The first-order valence-corrected chi connectivity index (χ1v) is 9.94. The molecule has 3 aromatic carbocycles. The minimum Gasteiger partial charge on any atom is -0.204 e. The smallest absolute Gasteiger partial charge is 0.152 e. The van der Waals surface area contributed by atoms with Crippen LogP contribution in [0.2, 0.25) is 0 Å². The fraction of sp³-hybridized carbons (Fsp3) is 0.0870. The van der Waals surface area contributed by atoms with Gasteiger partial charge < -0.3 is 0 Å². The summed E-state index contributed by atoms with van der Waals surface area (Å²) in [6.45, 7) is 1.88. The molecule has 0 N–H and O–H groups in total. The minimum absolute atomic E-state index is 0.387. The number of tetrazole rings is 1. The monoisotopic (exact) mass is 384 g/mol. The zero-order valence-electron chi connectivity index (χ0n) is 15.5. The molecule has 0 aliphatic heterocycles. The van der Waals surface area contributed by atoms with E-state index in [1.165, 1.54) is 16.7 Å². The first-order valence-electron chi connectivity index (χ1n) is 9.06. The van der Waals surface area contributed by atoms with Crippen LogP contribution in [-0.2, 0) is 4.75 Å². The first kappa shape index (κ1) is 18.2. The van der Waals surface area contributed by atoms with Crippen LogP contribution in [0.1, 0.15) is 22.5 Å². The molecule has 0 aliphatic rings. The molecule has 0 spiro atoms. The summed E-state index contributed by atoms with van der Waals surface area (Å²) in [5.41, 5.74) is 3.65. The molecule has 4 aromatic rings. The third-order valence-electron chi connectivity index (χ3n) is 4.65. The van der Waals surface area contributed by atoms with Crippen molar-refractivity contribution >= 4 is 18.0 Å². The summed E-state index contributed by atoms with van der Waals surface area (Å²) in [5.74, 6) is 0.751. The van der Waals surface area contributed by atoms with Crippen molar-refractivity contribution in [1.82, 2.24) is 20.2 Å². The van der Waals surface area contributed by atoms with Crippen LogP contribution in [0.4, 0.5) is 0 Å². The molecule has 5 heteroatoms. The SMILES string of the molecule is Cc1nnnn1/C=C\SC(c1ccccc1)(c1ccccc1)c1ccccc1. The lowest BCUT2D eigenvalue weighted by Crippen LogP contribution is -2.24. The van der Waals surface area contributed by atoms with Crippen LogP contribution in [0.25, 0.3) is 6.20 Å². The minimum atomic E-state index is -0.387. The van der Waals surface area contributed by atoms with E-state index in [4.69, 9.17) is 0 Å². The molecule has 138 valence electrons. The highest BCUT2D eigenvalue weighted by atomic mass is 32.2. The molecule has 0 radical (unpaired) electrons. The Balaban J connectivity index is 1.88. The predicted octanol–water partition coefficient (Wildman–Crippen LogP) is 5.14. The van der Waals surface area contributed by atoms with Crippen molar-refractivity contribution in [1.29, 1.82) is 0 Å². The summed E-state index contributed by atoms with van der Waals surface area (Å²) in [5, 5.41) is 13.7. The van der Waals surface area contributed by atoms with Crippen LogP contribution in [0.15, 0.2) is 96.4 Å². The summed E-state index contributed by atoms with van der Waals surface area (Å²) in [6.07, 6.45) is 1.91. The quantitative estimate of drug-likeness (QED) is 0.432. The zero-order chi connectivity index (χ0) is 19.2. The summed E-state index contributed by atoms with van der Waals surface area (Å²) >= 11 is 1.74. The Morgan fingerprint density at radius 1 is 0.750 bits per heavy atom. The molecule has 28 heavy (non-hydrogen) atoms. The molecular weight excluding hydrogens is 364 g/mol. The lowest BCUT2D eigenvalue weighted by atomic mass is 9.84. The Labute approximate surface area is 168 Å². The van der Waals surface area contributed by atoms with Gasteiger partial charge in [-0.25, -0.2) is 4.68 Å². The van der Waals surface area contributed by atoms with E-state index in [9.17, 15) is 0 Å². The van der Waals surface area contributed by atoms with E-state index in [1.807, 2.05) is 13.1 Å². The van der Waals surface area contributed by atoms with E-state index in [-0.39, 0.29) is 4.75 Å². The van der Waals surface area contributed by atoms with E-state index in [0.717, 1.165) is 5.82 Å². The zero-order valence-corrected chi connectivity index (χ0v) is 16.3. The van der Waals surface area contributed by atoms with Gasteiger partial charge in [-0.1, -0.05) is 91.0 Å². The summed E-state index contributed by atoms with van der Waals surface area (Å²) in [6, 6.07) is 31.8. The van der Waals surface area contributed by atoms with Crippen LogP contribution >= 0.6 is 11.8 Å². The maximum absolute atomic E-state index is 4.01. The Morgan fingerprint density at radius 2 is 1.21 bits per heavy atom. The molecule has 0 aliphatic carbocycles. The third-order valence-corrected chi connectivity index (χ3v) is 5.96. The fourth-order valence-electron chi connectivity index (χ4n) is 3.29. The predicted molar refractivity (Wildman–Crippen MR) is 115 cm³/mol. The lowest BCUT2D eigenvalue weighted by molar-refractivity contribution is 0.812. The van der Waals surface area contributed by atoms with Crippen molar-refractivity contribution in [2.75, 3.05) is 0 Å². The fourth-order valence-corrected chi connectivity index (χ4v) is 4.49. The van der Waals surface area contributed by atoms with Crippen molar-refractivity contribution in [2.45, 2.75) is 11.7 Å². The largest absolute Gasteiger partial charge is 0.204 e. The highest BCUT2D eigenvalue weighted by Crippen LogP contribution is 2.48. The van der Waals surface area contributed by atoms with Gasteiger partial charge in [-0.2, -0.15) is 0 Å². The Hall–Kier alpha value is -3.18. The maximum Gasteiger partial charge on any atom is 0.152 e. The van der Waals surface area contributed by atoms with Gasteiger partial charge in [0.25, 0.3) is 0 Å². The summed E-state index contributed by atoms with van der Waals surface area (Å²) < 4.78 is 1.29. The molecule has 0 saturated heterocycles. The van der Waals surface area contributed by atoms with Crippen LogP contribution in [0, 0.1) is 6.92 Å². The molecular formula is C23H20N4S. The second kappa shape index (κ2) is 8.23. The van der Waals surface area contributed by atoms with Crippen molar-refractivity contribution in [2.24, 2.45) is 0 Å². The van der Waals surface area contributed by atoms with Gasteiger partial charge in [0.2, 0.25) is 0 Å². The Kier molecular flexibility index (Phi) is 5.35. The second-order valence-electron chi connectivity index (χ2n) is 6.35. The molecule has 0 bridgehead atoms. The topological polar surface area (TPSA) is 43.6 Å². The van der Waals surface area contributed by atoms with E-state index in [1.54, 1.807) is 16.4 Å². The lowest BCUT2D eigenvalue weighted by Gasteiger charge is -2.34.